The van der Waals surface area contributed by atoms with Crippen molar-refractivity contribution in [3.63, 3.8) is 0 Å². The van der Waals surface area contributed by atoms with Crippen molar-refractivity contribution in [1.29, 1.82) is 0 Å². The summed E-state index contributed by atoms with van der Waals surface area (Å²) < 4.78 is 12.1. The zero-order valence-electron chi connectivity index (χ0n) is 13.9. The van der Waals surface area contributed by atoms with E-state index in [9.17, 15) is 4.79 Å². The fourth-order valence-electron chi connectivity index (χ4n) is 2.38. The van der Waals surface area contributed by atoms with Crippen molar-refractivity contribution >= 4 is 23.1 Å². The summed E-state index contributed by atoms with van der Waals surface area (Å²) >= 11 is 0. The fraction of sp³-hybridized carbons (Fsp3) is 0.176. The first-order chi connectivity index (χ1) is 12.0. The molecule has 0 saturated heterocycles. The largest absolute Gasteiger partial charge is 0.497 e. The van der Waals surface area contributed by atoms with E-state index in [1.54, 1.807) is 49.9 Å². The summed E-state index contributed by atoms with van der Waals surface area (Å²) in [5, 5.41) is 17.6. The van der Waals surface area contributed by atoms with Crippen LogP contribution in [-0.2, 0) is 0 Å². The second kappa shape index (κ2) is 6.60. The van der Waals surface area contributed by atoms with Gasteiger partial charge in [0.2, 0.25) is 0 Å². The molecule has 128 valence electrons. The van der Waals surface area contributed by atoms with Gasteiger partial charge in [0.25, 0.3) is 0 Å². The van der Waals surface area contributed by atoms with E-state index < -0.39 is 5.97 Å². The molecule has 0 saturated carbocycles. The molecule has 8 heteroatoms. The molecular formula is C17H16N4O4. The predicted molar refractivity (Wildman–Crippen MR) is 90.6 cm³/mol. The Bertz CT molecular complexity index is 978. The molecule has 0 aliphatic carbocycles. The number of carbonyl (C=O) groups is 1. The maximum absolute atomic E-state index is 11.1. The van der Waals surface area contributed by atoms with Crippen LogP contribution < -0.4 is 9.47 Å². The molecule has 0 fully saturated rings. The number of pyridine rings is 1. The molecule has 2 aromatic heterocycles. The van der Waals surface area contributed by atoms with Crippen molar-refractivity contribution < 1.29 is 19.4 Å². The molecule has 3 aromatic rings. The van der Waals surface area contributed by atoms with Crippen molar-refractivity contribution in [2.75, 3.05) is 14.2 Å². The summed E-state index contributed by atoms with van der Waals surface area (Å²) in [5.74, 6) is 0.698. The van der Waals surface area contributed by atoms with Gasteiger partial charge in [-0.1, -0.05) is 0 Å². The van der Waals surface area contributed by atoms with Gasteiger partial charge in [-0.25, -0.2) is 9.78 Å². The number of aromatic nitrogens is 2. The van der Waals surface area contributed by atoms with Crippen LogP contribution in [0.5, 0.6) is 11.5 Å². The lowest BCUT2D eigenvalue weighted by atomic mass is 10.3. The lowest BCUT2D eigenvalue weighted by Gasteiger charge is -2.05. The highest BCUT2D eigenvalue weighted by Gasteiger charge is 2.12. The van der Waals surface area contributed by atoms with Gasteiger partial charge < -0.3 is 14.6 Å². The molecule has 8 nitrogen and oxygen atoms in total. The maximum atomic E-state index is 11.1. The number of fused-ring (bicyclic) bond motifs is 1. The summed E-state index contributed by atoms with van der Waals surface area (Å²) in [6.45, 7) is 1.78. The van der Waals surface area contributed by atoms with Gasteiger partial charge in [-0.05, 0) is 31.2 Å². The van der Waals surface area contributed by atoms with Gasteiger partial charge in [-0.15, -0.1) is 10.2 Å². The zero-order valence-corrected chi connectivity index (χ0v) is 13.9. The molecular weight excluding hydrogens is 324 g/mol. The van der Waals surface area contributed by atoms with Gasteiger partial charge in [0, 0.05) is 12.3 Å². The molecule has 1 N–H and O–H groups in total. The van der Waals surface area contributed by atoms with Crippen LogP contribution >= 0.6 is 0 Å². The SMILES string of the molecule is COc1ccc(OC)c(N=Nc2c(C)nc3cc(C(=O)O)ccn23)c1. The summed E-state index contributed by atoms with van der Waals surface area (Å²) in [7, 11) is 3.12. The van der Waals surface area contributed by atoms with Crippen LogP contribution in [0, 0.1) is 6.92 Å². The number of azo groups is 1. The maximum Gasteiger partial charge on any atom is 0.335 e. The Morgan fingerprint density at radius 1 is 1.16 bits per heavy atom. The Kier molecular flexibility index (Phi) is 4.34. The minimum absolute atomic E-state index is 0.162. The third-order valence-electron chi connectivity index (χ3n) is 3.65. The highest BCUT2D eigenvalue weighted by Crippen LogP contribution is 2.33. The van der Waals surface area contributed by atoms with Crippen molar-refractivity contribution in [3.05, 3.63) is 47.8 Å². The average molecular weight is 340 g/mol. The molecule has 0 bridgehead atoms. The first-order valence-corrected chi connectivity index (χ1v) is 7.39. The smallest absolute Gasteiger partial charge is 0.335 e. The number of benzene rings is 1. The van der Waals surface area contributed by atoms with Gasteiger partial charge in [-0.3, -0.25) is 4.40 Å². The summed E-state index contributed by atoms with van der Waals surface area (Å²) in [4.78, 5) is 15.4. The number of hydrogen-bond donors (Lipinski definition) is 1. The molecule has 0 amide bonds. The summed E-state index contributed by atoms with van der Waals surface area (Å²) in [6.07, 6.45) is 1.61. The molecule has 0 aliphatic rings. The molecule has 25 heavy (non-hydrogen) atoms. The van der Waals surface area contributed by atoms with Crippen LogP contribution in [0.25, 0.3) is 5.65 Å². The lowest BCUT2D eigenvalue weighted by Crippen LogP contribution is -1.97. The molecule has 0 unspecified atom stereocenters. The molecule has 0 radical (unpaired) electrons. The fourth-order valence-corrected chi connectivity index (χ4v) is 2.38. The van der Waals surface area contributed by atoms with Crippen LogP contribution in [0.4, 0.5) is 11.5 Å². The van der Waals surface area contributed by atoms with Crippen molar-refractivity contribution in [1.82, 2.24) is 9.38 Å². The molecule has 0 atom stereocenters. The topological polar surface area (TPSA) is 97.8 Å². The second-order valence-corrected chi connectivity index (χ2v) is 5.21. The zero-order chi connectivity index (χ0) is 18.0. The average Bonchev–Trinajstić information content (AvgIpc) is 2.93. The van der Waals surface area contributed by atoms with E-state index in [-0.39, 0.29) is 5.56 Å². The van der Waals surface area contributed by atoms with E-state index in [4.69, 9.17) is 14.6 Å². The Morgan fingerprint density at radius 3 is 2.64 bits per heavy atom. The van der Waals surface area contributed by atoms with Crippen LogP contribution in [-0.4, -0.2) is 34.7 Å². The molecule has 2 heterocycles. The summed E-state index contributed by atoms with van der Waals surface area (Å²) in [5.41, 5.74) is 1.80. The number of nitrogens with zero attached hydrogens (tertiary/aromatic N) is 4. The molecule has 0 aliphatic heterocycles. The van der Waals surface area contributed by atoms with E-state index in [1.807, 2.05) is 0 Å². The number of carboxylic acids is 1. The van der Waals surface area contributed by atoms with Crippen LogP contribution in [0.1, 0.15) is 16.1 Å². The molecule has 0 spiro atoms. The van der Waals surface area contributed by atoms with E-state index in [2.05, 4.69) is 15.2 Å². The van der Waals surface area contributed by atoms with Crippen molar-refractivity contribution in [2.45, 2.75) is 6.92 Å². The number of imidazole rings is 1. The quantitative estimate of drug-likeness (QED) is 0.713. The Labute approximate surface area is 143 Å². The Hall–Kier alpha value is -3.42. The van der Waals surface area contributed by atoms with Crippen LogP contribution in [0.15, 0.2) is 46.8 Å². The van der Waals surface area contributed by atoms with Crippen molar-refractivity contribution in [3.8, 4) is 11.5 Å². The van der Waals surface area contributed by atoms with Gasteiger partial charge in [-0.2, -0.15) is 0 Å². The summed E-state index contributed by atoms with van der Waals surface area (Å²) in [6, 6.07) is 8.20. The Balaban J connectivity index is 2.04. The van der Waals surface area contributed by atoms with Crippen LogP contribution in [0.3, 0.4) is 0 Å². The monoisotopic (exact) mass is 340 g/mol. The highest BCUT2D eigenvalue weighted by atomic mass is 16.5. The second-order valence-electron chi connectivity index (χ2n) is 5.21. The first kappa shape index (κ1) is 16.4. The molecule has 1 aromatic carbocycles. The Morgan fingerprint density at radius 2 is 1.96 bits per heavy atom. The van der Waals surface area contributed by atoms with Gasteiger partial charge in [0.1, 0.15) is 22.8 Å². The van der Waals surface area contributed by atoms with Gasteiger partial charge in [0.05, 0.1) is 25.5 Å². The van der Waals surface area contributed by atoms with E-state index in [0.29, 0.717) is 34.3 Å². The number of aryl methyl sites for hydroxylation is 1. The number of carboxylic acid groups (broad SMARTS) is 1. The number of hydrogen-bond acceptors (Lipinski definition) is 6. The van der Waals surface area contributed by atoms with E-state index >= 15 is 0 Å². The van der Waals surface area contributed by atoms with Crippen molar-refractivity contribution in [2.24, 2.45) is 10.2 Å². The lowest BCUT2D eigenvalue weighted by molar-refractivity contribution is 0.0697. The van der Waals surface area contributed by atoms with E-state index in [0.717, 1.165) is 0 Å². The first-order valence-electron chi connectivity index (χ1n) is 7.39. The van der Waals surface area contributed by atoms with Crippen LogP contribution in [0.2, 0.25) is 0 Å². The minimum Gasteiger partial charge on any atom is -0.497 e. The predicted octanol–water partition coefficient (Wildman–Crippen LogP) is 3.77. The van der Waals surface area contributed by atoms with E-state index in [1.165, 1.54) is 12.1 Å². The third kappa shape index (κ3) is 3.14. The number of methoxy groups -OCH3 is 2. The minimum atomic E-state index is -1.01. The van der Waals surface area contributed by atoms with Gasteiger partial charge >= 0.3 is 5.97 Å². The van der Waals surface area contributed by atoms with Gasteiger partial charge in [0.15, 0.2) is 5.82 Å². The number of rotatable bonds is 5. The molecule has 3 rings (SSSR count). The number of ether oxygens (including phenoxy) is 2. The number of aromatic carboxylic acids is 1. The highest BCUT2D eigenvalue weighted by molar-refractivity contribution is 5.88. The standard InChI is InChI=1S/C17H16N4O4/c1-10-16(21-7-6-11(17(22)23)8-15(21)18-10)20-19-13-9-12(24-2)4-5-14(13)25-3/h4-9H,1-3H3,(H,22,23). The normalized spacial score (nSPS) is 11.2. The third-order valence-corrected chi connectivity index (χ3v) is 3.65.